The van der Waals surface area contributed by atoms with Gasteiger partial charge in [-0.3, -0.25) is 4.79 Å². The first-order chi connectivity index (χ1) is 11.1. The summed E-state index contributed by atoms with van der Waals surface area (Å²) in [5.41, 5.74) is 0.344. The Hall–Kier alpha value is -2.18. The quantitative estimate of drug-likeness (QED) is 0.619. The van der Waals surface area contributed by atoms with E-state index in [1.807, 2.05) is 0 Å². The summed E-state index contributed by atoms with van der Waals surface area (Å²) in [6.45, 7) is -1.33. The van der Waals surface area contributed by atoms with Gasteiger partial charge in [-0.1, -0.05) is 30.1 Å². The molecule has 7 heteroatoms. The number of ether oxygens (including phenoxy) is 1. The highest BCUT2D eigenvalue weighted by Gasteiger charge is 2.21. The van der Waals surface area contributed by atoms with Gasteiger partial charge in [-0.2, -0.15) is 8.78 Å². The second-order valence-electron chi connectivity index (χ2n) is 5.39. The summed E-state index contributed by atoms with van der Waals surface area (Å²) in [4.78, 5) is 17.0. The van der Waals surface area contributed by atoms with E-state index in [-0.39, 0.29) is 17.7 Å². The van der Waals surface area contributed by atoms with Gasteiger partial charge in [0.25, 0.3) is 5.91 Å². The normalized spacial score (nSPS) is 16.7. The van der Waals surface area contributed by atoms with Crippen LogP contribution in [0.15, 0.2) is 29.4 Å². The lowest BCUT2D eigenvalue weighted by molar-refractivity contribution is -0.132. The zero-order valence-electron chi connectivity index (χ0n) is 12.9. The Bertz CT molecular complexity index is 546. The van der Waals surface area contributed by atoms with Crippen molar-refractivity contribution in [1.29, 1.82) is 0 Å². The smallest absolute Gasteiger partial charge is 0.387 e. The van der Waals surface area contributed by atoms with E-state index in [1.54, 1.807) is 25.1 Å². The zero-order valence-corrected chi connectivity index (χ0v) is 12.9. The number of hydrogen-bond acceptors (Lipinski definition) is 4. The Balaban J connectivity index is 1.86. The molecule has 1 atom stereocenters. The lowest BCUT2D eigenvalue weighted by atomic mass is 10.2. The van der Waals surface area contributed by atoms with E-state index in [0.29, 0.717) is 5.56 Å². The van der Waals surface area contributed by atoms with Gasteiger partial charge in [0, 0.05) is 11.6 Å². The fourth-order valence-corrected chi connectivity index (χ4v) is 2.41. The number of benzene rings is 1. The Morgan fingerprint density at radius 3 is 2.74 bits per heavy atom. The third-order valence-corrected chi connectivity index (χ3v) is 3.62. The first-order valence-electron chi connectivity index (χ1n) is 7.59. The average Bonchev–Trinajstić information content (AvgIpc) is 3.01. The van der Waals surface area contributed by atoms with Gasteiger partial charge in [0.15, 0.2) is 0 Å². The molecule has 0 heterocycles. The van der Waals surface area contributed by atoms with Crippen molar-refractivity contribution >= 4 is 12.1 Å². The Morgan fingerprint density at radius 2 is 2.04 bits per heavy atom. The molecule has 0 radical (unpaired) electrons. The molecule has 23 heavy (non-hydrogen) atoms. The highest BCUT2D eigenvalue weighted by atomic mass is 19.3. The van der Waals surface area contributed by atoms with Crippen molar-refractivity contribution < 1.29 is 23.1 Å². The number of nitrogens with zero attached hydrogens (tertiary/aromatic N) is 1. The standard InChI is InChI=1S/C16H20F2N2O3/c1-11(15(21)20-13-7-3-4-8-13)23-19-10-12-6-2-5-9-14(12)22-16(17)18/h2,5-6,9-11,13,16H,3-4,7-8H2,1H3,(H,20,21). The number of amides is 1. The molecule has 1 fully saturated rings. The third kappa shape index (κ3) is 5.50. The number of nitrogens with one attached hydrogen (secondary N) is 1. The van der Waals surface area contributed by atoms with E-state index in [4.69, 9.17) is 4.84 Å². The van der Waals surface area contributed by atoms with E-state index >= 15 is 0 Å². The van der Waals surface area contributed by atoms with Gasteiger partial charge in [0.2, 0.25) is 6.10 Å². The maximum atomic E-state index is 12.3. The van der Waals surface area contributed by atoms with Gasteiger partial charge < -0.3 is 14.9 Å². The SMILES string of the molecule is CC(ON=Cc1ccccc1OC(F)F)C(=O)NC1CCCC1. The second-order valence-corrected chi connectivity index (χ2v) is 5.39. The van der Waals surface area contributed by atoms with Crippen molar-refractivity contribution in [2.75, 3.05) is 0 Å². The molecule has 1 aromatic carbocycles. The maximum absolute atomic E-state index is 12.3. The Labute approximate surface area is 133 Å². The van der Waals surface area contributed by atoms with Gasteiger partial charge in [-0.25, -0.2) is 0 Å². The second kappa shape index (κ2) is 8.45. The minimum atomic E-state index is -2.92. The molecule has 1 saturated carbocycles. The van der Waals surface area contributed by atoms with Crippen molar-refractivity contribution in [3.05, 3.63) is 29.8 Å². The van der Waals surface area contributed by atoms with Gasteiger partial charge in [-0.05, 0) is 31.9 Å². The van der Waals surface area contributed by atoms with Crippen LogP contribution >= 0.6 is 0 Å². The van der Waals surface area contributed by atoms with Gasteiger partial charge in [0.05, 0.1) is 6.21 Å². The third-order valence-electron chi connectivity index (χ3n) is 3.62. The molecule has 1 aliphatic carbocycles. The molecule has 5 nitrogen and oxygen atoms in total. The summed E-state index contributed by atoms with van der Waals surface area (Å²) in [6, 6.07) is 6.42. The molecule has 1 unspecified atom stereocenters. The number of alkyl halides is 2. The van der Waals surface area contributed by atoms with E-state index in [1.165, 1.54) is 12.3 Å². The van der Waals surface area contributed by atoms with Gasteiger partial charge in [-0.15, -0.1) is 0 Å². The minimum absolute atomic E-state index is 0.00193. The van der Waals surface area contributed by atoms with Crippen LogP contribution in [0.5, 0.6) is 5.75 Å². The van der Waals surface area contributed by atoms with Crippen LogP contribution in [0, 0.1) is 0 Å². The summed E-state index contributed by atoms with van der Waals surface area (Å²) in [7, 11) is 0. The van der Waals surface area contributed by atoms with E-state index in [2.05, 4.69) is 15.2 Å². The molecule has 1 N–H and O–H groups in total. The average molecular weight is 326 g/mol. The molecule has 2 rings (SSSR count). The van der Waals surface area contributed by atoms with Crippen LogP contribution in [-0.2, 0) is 9.63 Å². The van der Waals surface area contributed by atoms with Crippen LogP contribution in [0.3, 0.4) is 0 Å². The molecule has 1 aliphatic rings. The number of carbonyl (C=O) groups is 1. The molecule has 0 saturated heterocycles. The summed E-state index contributed by atoms with van der Waals surface area (Å²) < 4.78 is 29.0. The predicted octanol–water partition coefficient (Wildman–Crippen LogP) is 3.09. The van der Waals surface area contributed by atoms with Crippen molar-refractivity contribution in [1.82, 2.24) is 5.32 Å². The van der Waals surface area contributed by atoms with Crippen molar-refractivity contribution in [3.8, 4) is 5.75 Å². The fraction of sp³-hybridized carbons (Fsp3) is 0.500. The zero-order chi connectivity index (χ0) is 16.7. The molecular weight excluding hydrogens is 306 g/mol. The Morgan fingerprint density at radius 1 is 1.35 bits per heavy atom. The largest absolute Gasteiger partial charge is 0.434 e. The van der Waals surface area contributed by atoms with Crippen LogP contribution in [-0.4, -0.2) is 30.9 Å². The lowest BCUT2D eigenvalue weighted by Gasteiger charge is -2.15. The summed E-state index contributed by atoms with van der Waals surface area (Å²) in [5, 5.41) is 6.60. The maximum Gasteiger partial charge on any atom is 0.387 e. The van der Waals surface area contributed by atoms with Gasteiger partial charge >= 0.3 is 6.61 Å². The van der Waals surface area contributed by atoms with Crippen LogP contribution in [0.2, 0.25) is 0 Å². The first-order valence-corrected chi connectivity index (χ1v) is 7.59. The number of hydrogen-bond donors (Lipinski definition) is 1. The molecule has 0 spiro atoms. The number of halogens is 2. The monoisotopic (exact) mass is 326 g/mol. The van der Waals surface area contributed by atoms with Crippen LogP contribution in [0.1, 0.15) is 38.2 Å². The molecular formula is C16H20F2N2O3. The molecule has 1 aromatic rings. The van der Waals surface area contributed by atoms with Crippen LogP contribution in [0.4, 0.5) is 8.78 Å². The molecule has 0 aliphatic heterocycles. The van der Waals surface area contributed by atoms with E-state index in [0.717, 1.165) is 25.7 Å². The number of oxime groups is 1. The first kappa shape index (κ1) is 17.2. The minimum Gasteiger partial charge on any atom is -0.434 e. The molecule has 0 aromatic heterocycles. The van der Waals surface area contributed by atoms with Crippen LogP contribution in [0.25, 0.3) is 0 Å². The highest BCUT2D eigenvalue weighted by Crippen LogP contribution is 2.19. The lowest BCUT2D eigenvalue weighted by Crippen LogP contribution is -2.39. The van der Waals surface area contributed by atoms with Crippen molar-refractivity contribution in [2.24, 2.45) is 5.16 Å². The summed E-state index contributed by atoms with van der Waals surface area (Å²) >= 11 is 0. The number of carbonyl (C=O) groups excluding carboxylic acids is 1. The molecule has 0 bridgehead atoms. The molecule has 126 valence electrons. The van der Waals surface area contributed by atoms with Crippen molar-refractivity contribution in [3.63, 3.8) is 0 Å². The Kier molecular flexibility index (Phi) is 6.31. The molecule has 1 amide bonds. The van der Waals surface area contributed by atoms with Crippen molar-refractivity contribution in [2.45, 2.75) is 51.4 Å². The fourth-order valence-electron chi connectivity index (χ4n) is 2.41. The van der Waals surface area contributed by atoms with Gasteiger partial charge in [0.1, 0.15) is 5.75 Å². The summed E-state index contributed by atoms with van der Waals surface area (Å²) in [6.07, 6.45) is 4.71. The van der Waals surface area contributed by atoms with E-state index in [9.17, 15) is 13.6 Å². The summed E-state index contributed by atoms with van der Waals surface area (Å²) in [5.74, 6) is -0.232. The number of rotatable bonds is 7. The predicted molar refractivity (Wildman–Crippen MR) is 81.6 cm³/mol. The highest BCUT2D eigenvalue weighted by molar-refractivity contribution is 5.83. The topological polar surface area (TPSA) is 59.9 Å². The number of para-hydroxylation sites is 1. The van der Waals surface area contributed by atoms with Crippen LogP contribution < -0.4 is 10.1 Å². The van der Waals surface area contributed by atoms with E-state index < -0.39 is 12.7 Å².